The minimum absolute atomic E-state index is 0.533. The number of likely N-dealkylation sites (tertiary alicyclic amines) is 1. The van der Waals surface area contributed by atoms with Crippen LogP contribution in [0.3, 0.4) is 0 Å². The van der Waals surface area contributed by atoms with Gasteiger partial charge in [-0.05, 0) is 106 Å². The molecule has 1 atom stereocenters. The first-order valence-corrected chi connectivity index (χ1v) is 13.8. The number of hydrogen-bond donors (Lipinski definition) is 1. The molecule has 0 bridgehead atoms. The molecule has 2 nitrogen and oxygen atoms in total. The van der Waals surface area contributed by atoms with Gasteiger partial charge < -0.3 is 5.32 Å². The number of rotatable bonds is 8. The van der Waals surface area contributed by atoms with Crippen LogP contribution in [0.1, 0.15) is 88.3 Å². The normalized spacial score (nSPS) is 22.1. The second kappa shape index (κ2) is 11.6. The molecule has 1 unspecified atom stereocenters. The smallest absolute Gasteiger partial charge is 0.0196 e. The zero-order valence-electron chi connectivity index (χ0n) is 22.5. The molecule has 3 aliphatic rings. The van der Waals surface area contributed by atoms with Gasteiger partial charge in [0.1, 0.15) is 0 Å². The zero-order valence-corrected chi connectivity index (χ0v) is 22.5. The largest absolute Gasteiger partial charge is 0.363 e. The van der Waals surface area contributed by atoms with Crippen LogP contribution in [0.15, 0.2) is 72.6 Å². The fourth-order valence-electron chi connectivity index (χ4n) is 6.07. The lowest BCUT2D eigenvalue weighted by Crippen LogP contribution is -2.34. The number of allylic oxidation sites excluding steroid dienone is 6. The van der Waals surface area contributed by atoms with E-state index in [9.17, 15) is 0 Å². The molecule has 2 saturated heterocycles. The highest BCUT2D eigenvalue weighted by molar-refractivity contribution is 5.65. The molecule has 1 N–H and O–H groups in total. The van der Waals surface area contributed by atoms with Crippen molar-refractivity contribution in [3.05, 3.63) is 89.3 Å². The predicted octanol–water partition coefficient (Wildman–Crippen LogP) is 8.16. The summed E-state index contributed by atoms with van der Waals surface area (Å²) in [7, 11) is 0. The van der Waals surface area contributed by atoms with Crippen LogP contribution in [0.2, 0.25) is 0 Å². The number of nitrogens with one attached hydrogen (secondary N) is 1. The molecule has 188 valence electrons. The fourth-order valence-corrected chi connectivity index (χ4v) is 6.07. The highest BCUT2D eigenvalue weighted by Crippen LogP contribution is 2.34. The van der Waals surface area contributed by atoms with Gasteiger partial charge in [0.2, 0.25) is 0 Å². The van der Waals surface area contributed by atoms with E-state index in [1.807, 2.05) is 0 Å². The second-order valence-electron chi connectivity index (χ2n) is 11.5. The Balaban J connectivity index is 1.36. The van der Waals surface area contributed by atoms with Gasteiger partial charge in [0, 0.05) is 17.9 Å². The van der Waals surface area contributed by atoms with Crippen molar-refractivity contribution >= 4 is 5.57 Å². The quantitative estimate of drug-likeness (QED) is 0.412. The van der Waals surface area contributed by atoms with Crippen molar-refractivity contribution in [1.82, 2.24) is 10.2 Å². The standard InChI is InChI=1S/C33H46N2/c1-23(2)28-11-8-27(9-12-28)22-35-19-17-30(18-20-35)31-15-16-33(24(3)4)32(21-31)14-13-29-10-7-25(5)34-26(29)6/h8,11,15-16,21,23,29-30,34H,3,5-7,9-10,12-14,17-20,22H2,1-2,4H3. The van der Waals surface area contributed by atoms with E-state index < -0.39 is 0 Å². The average Bonchev–Trinajstić information content (AvgIpc) is 2.84. The van der Waals surface area contributed by atoms with Crippen LogP contribution in [-0.2, 0) is 6.42 Å². The number of nitrogens with zero attached hydrogens (tertiary/aromatic N) is 1. The van der Waals surface area contributed by atoms with Gasteiger partial charge in [-0.3, -0.25) is 4.90 Å². The maximum absolute atomic E-state index is 4.27. The minimum Gasteiger partial charge on any atom is -0.363 e. The van der Waals surface area contributed by atoms with Crippen molar-refractivity contribution in [2.24, 2.45) is 11.8 Å². The van der Waals surface area contributed by atoms with E-state index in [1.54, 1.807) is 11.1 Å². The molecule has 0 radical (unpaired) electrons. The molecule has 0 spiro atoms. The molecular formula is C33H46N2. The van der Waals surface area contributed by atoms with Crippen molar-refractivity contribution in [3.8, 4) is 0 Å². The van der Waals surface area contributed by atoms with E-state index in [0.717, 1.165) is 43.6 Å². The molecular weight excluding hydrogens is 424 g/mol. The summed E-state index contributed by atoms with van der Waals surface area (Å²) in [5, 5.41) is 3.39. The van der Waals surface area contributed by atoms with Gasteiger partial charge in [0.05, 0.1) is 0 Å². The lowest BCUT2D eigenvalue weighted by atomic mass is 9.84. The van der Waals surface area contributed by atoms with E-state index in [4.69, 9.17) is 0 Å². The Morgan fingerprint density at radius 3 is 2.46 bits per heavy atom. The number of piperidine rings is 2. The second-order valence-corrected chi connectivity index (χ2v) is 11.5. The van der Waals surface area contributed by atoms with Gasteiger partial charge in [-0.25, -0.2) is 0 Å². The lowest BCUT2D eigenvalue weighted by molar-refractivity contribution is 0.226. The van der Waals surface area contributed by atoms with E-state index in [0.29, 0.717) is 17.8 Å². The maximum atomic E-state index is 4.27. The summed E-state index contributed by atoms with van der Waals surface area (Å²) in [6, 6.07) is 7.21. The maximum Gasteiger partial charge on any atom is 0.0196 e. The summed E-state index contributed by atoms with van der Waals surface area (Å²) in [5.41, 5.74) is 11.0. The first-order valence-electron chi connectivity index (χ1n) is 13.8. The Labute approximate surface area is 214 Å². The topological polar surface area (TPSA) is 15.3 Å². The monoisotopic (exact) mass is 470 g/mol. The van der Waals surface area contributed by atoms with Crippen LogP contribution in [0, 0.1) is 11.8 Å². The minimum atomic E-state index is 0.533. The molecule has 4 rings (SSSR count). The highest BCUT2D eigenvalue weighted by Gasteiger charge is 2.23. The summed E-state index contributed by atoms with van der Waals surface area (Å²) in [6.45, 7) is 22.9. The third-order valence-corrected chi connectivity index (χ3v) is 8.47. The Hall–Kier alpha value is -2.32. The summed E-state index contributed by atoms with van der Waals surface area (Å²) in [4.78, 5) is 2.68. The average molecular weight is 471 g/mol. The molecule has 1 aromatic rings. The van der Waals surface area contributed by atoms with Crippen molar-refractivity contribution < 1.29 is 0 Å². The Morgan fingerprint density at radius 2 is 1.83 bits per heavy atom. The van der Waals surface area contributed by atoms with Gasteiger partial charge in [0.15, 0.2) is 0 Å². The van der Waals surface area contributed by atoms with Crippen LogP contribution in [-0.4, -0.2) is 24.5 Å². The molecule has 1 aliphatic carbocycles. The van der Waals surface area contributed by atoms with E-state index in [1.165, 1.54) is 61.0 Å². The van der Waals surface area contributed by atoms with Crippen LogP contribution in [0.4, 0.5) is 0 Å². The first-order chi connectivity index (χ1) is 16.8. The molecule has 2 heteroatoms. The Morgan fingerprint density at radius 1 is 1.06 bits per heavy atom. The Bertz CT molecular complexity index is 1010. The van der Waals surface area contributed by atoms with Crippen molar-refractivity contribution in [2.45, 2.75) is 78.1 Å². The first kappa shape index (κ1) is 25.8. The highest BCUT2D eigenvalue weighted by atomic mass is 15.1. The molecule has 0 saturated carbocycles. The summed E-state index contributed by atoms with van der Waals surface area (Å²) in [5.74, 6) is 1.89. The van der Waals surface area contributed by atoms with Gasteiger partial charge in [-0.15, -0.1) is 0 Å². The predicted molar refractivity (Wildman–Crippen MR) is 152 cm³/mol. The molecule has 0 amide bonds. The lowest BCUT2D eigenvalue weighted by Gasteiger charge is -2.33. The summed E-state index contributed by atoms with van der Waals surface area (Å²) < 4.78 is 0. The summed E-state index contributed by atoms with van der Waals surface area (Å²) >= 11 is 0. The third kappa shape index (κ3) is 6.67. The summed E-state index contributed by atoms with van der Waals surface area (Å²) in [6.07, 6.45) is 14.3. The van der Waals surface area contributed by atoms with Crippen molar-refractivity contribution in [2.75, 3.05) is 19.6 Å². The van der Waals surface area contributed by atoms with Crippen molar-refractivity contribution in [3.63, 3.8) is 0 Å². The molecule has 2 fully saturated rings. The van der Waals surface area contributed by atoms with E-state index in [2.05, 4.69) is 81.1 Å². The molecule has 0 aromatic heterocycles. The third-order valence-electron chi connectivity index (χ3n) is 8.47. The van der Waals surface area contributed by atoms with Gasteiger partial charge in [0.25, 0.3) is 0 Å². The SMILES string of the molecule is C=C1CCC(CCc2cc(C3CCN(CC4=CC=C(C(C)C)CC4)CC3)ccc2C(=C)C)C(=C)N1. The van der Waals surface area contributed by atoms with E-state index >= 15 is 0 Å². The Kier molecular flexibility index (Phi) is 8.55. The zero-order chi connectivity index (χ0) is 24.9. The van der Waals surface area contributed by atoms with Gasteiger partial charge in [-0.1, -0.05) is 80.7 Å². The number of hydrogen-bond acceptors (Lipinski definition) is 2. The van der Waals surface area contributed by atoms with Crippen LogP contribution in [0.25, 0.3) is 5.57 Å². The molecule has 1 aromatic carbocycles. The van der Waals surface area contributed by atoms with Gasteiger partial charge in [-0.2, -0.15) is 0 Å². The molecule has 35 heavy (non-hydrogen) atoms. The van der Waals surface area contributed by atoms with Crippen LogP contribution >= 0.6 is 0 Å². The molecule has 2 aliphatic heterocycles. The molecule has 2 heterocycles. The van der Waals surface area contributed by atoms with Gasteiger partial charge >= 0.3 is 0 Å². The van der Waals surface area contributed by atoms with Crippen LogP contribution in [0.5, 0.6) is 0 Å². The van der Waals surface area contributed by atoms with Crippen molar-refractivity contribution in [1.29, 1.82) is 0 Å². The van der Waals surface area contributed by atoms with E-state index in [-0.39, 0.29) is 0 Å². The fraction of sp³-hybridized carbons (Fsp3) is 0.515. The number of benzene rings is 1. The number of aryl methyl sites for hydroxylation is 1. The van der Waals surface area contributed by atoms with Crippen LogP contribution < -0.4 is 5.32 Å².